The van der Waals surface area contributed by atoms with Crippen LogP contribution in [0, 0.1) is 5.41 Å². The average molecular weight is 298 g/mol. The van der Waals surface area contributed by atoms with E-state index in [9.17, 15) is 19.5 Å². The van der Waals surface area contributed by atoms with E-state index < -0.39 is 17.5 Å². The van der Waals surface area contributed by atoms with Crippen LogP contribution in [-0.2, 0) is 14.3 Å². The third-order valence-electron chi connectivity index (χ3n) is 4.55. The van der Waals surface area contributed by atoms with Crippen LogP contribution in [0.5, 0.6) is 0 Å². The van der Waals surface area contributed by atoms with Gasteiger partial charge < -0.3 is 20.1 Å². The molecule has 2 rings (SSSR count). The molecular weight excluding hydrogens is 276 g/mol. The van der Waals surface area contributed by atoms with Crippen molar-refractivity contribution in [1.82, 2.24) is 10.2 Å². The van der Waals surface area contributed by atoms with Gasteiger partial charge in [-0.25, -0.2) is 4.79 Å². The zero-order valence-corrected chi connectivity index (χ0v) is 12.3. The van der Waals surface area contributed by atoms with Crippen molar-refractivity contribution in [3.63, 3.8) is 0 Å². The lowest BCUT2D eigenvalue weighted by Gasteiger charge is -2.26. The molecule has 2 aliphatic rings. The van der Waals surface area contributed by atoms with Gasteiger partial charge in [-0.3, -0.25) is 9.59 Å². The number of amides is 2. The molecule has 1 heterocycles. The van der Waals surface area contributed by atoms with Gasteiger partial charge in [-0.15, -0.1) is 0 Å². The molecule has 21 heavy (non-hydrogen) atoms. The molecule has 0 radical (unpaired) electrons. The Balaban J connectivity index is 1.89. The van der Waals surface area contributed by atoms with Crippen LogP contribution in [0.4, 0.5) is 4.79 Å². The van der Waals surface area contributed by atoms with Crippen LogP contribution in [0.3, 0.4) is 0 Å². The second-order valence-electron chi connectivity index (χ2n) is 5.93. The number of likely N-dealkylation sites (tertiary alicyclic amines) is 1. The Morgan fingerprint density at radius 1 is 1.33 bits per heavy atom. The van der Waals surface area contributed by atoms with Gasteiger partial charge in [-0.2, -0.15) is 0 Å². The maximum Gasteiger partial charge on any atom is 0.407 e. The quantitative estimate of drug-likeness (QED) is 0.806. The van der Waals surface area contributed by atoms with Crippen molar-refractivity contribution >= 4 is 18.0 Å². The van der Waals surface area contributed by atoms with E-state index in [2.05, 4.69) is 10.1 Å². The molecule has 2 N–H and O–H groups in total. The predicted octanol–water partition coefficient (Wildman–Crippen LogP) is 0.978. The van der Waals surface area contributed by atoms with Crippen molar-refractivity contribution in [2.24, 2.45) is 5.41 Å². The second kappa shape index (κ2) is 6.32. The van der Waals surface area contributed by atoms with Gasteiger partial charge in [0.1, 0.15) is 0 Å². The van der Waals surface area contributed by atoms with Gasteiger partial charge in [0.05, 0.1) is 18.6 Å². The molecule has 2 fully saturated rings. The second-order valence-corrected chi connectivity index (χ2v) is 5.93. The van der Waals surface area contributed by atoms with Crippen LogP contribution in [-0.4, -0.2) is 54.2 Å². The fourth-order valence-corrected chi connectivity index (χ4v) is 3.25. The fourth-order valence-electron chi connectivity index (χ4n) is 3.25. The molecule has 1 saturated heterocycles. The van der Waals surface area contributed by atoms with Gasteiger partial charge in [0.25, 0.3) is 0 Å². The SMILES string of the molecule is COC(=O)NC1CCN(C(=O)CC2(C(=O)O)CCCC2)C1. The minimum atomic E-state index is -0.884. The molecule has 1 unspecified atom stereocenters. The number of aliphatic carboxylic acids is 1. The van der Waals surface area contributed by atoms with Crippen molar-refractivity contribution in [3.8, 4) is 0 Å². The monoisotopic (exact) mass is 298 g/mol. The zero-order chi connectivity index (χ0) is 15.5. The number of rotatable bonds is 4. The molecule has 2 amide bonds. The summed E-state index contributed by atoms with van der Waals surface area (Å²) in [5.74, 6) is -0.995. The summed E-state index contributed by atoms with van der Waals surface area (Å²) in [5, 5.41) is 12.1. The molecule has 7 nitrogen and oxygen atoms in total. The van der Waals surface area contributed by atoms with Crippen LogP contribution >= 0.6 is 0 Å². The largest absolute Gasteiger partial charge is 0.481 e. The molecule has 0 bridgehead atoms. The minimum absolute atomic E-state index is 0.0628. The molecule has 0 aromatic carbocycles. The number of ether oxygens (including phenoxy) is 1. The van der Waals surface area contributed by atoms with E-state index in [0.29, 0.717) is 32.4 Å². The van der Waals surface area contributed by atoms with Gasteiger partial charge in [0.15, 0.2) is 0 Å². The van der Waals surface area contributed by atoms with Crippen LogP contribution in [0.2, 0.25) is 0 Å². The third kappa shape index (κ3) is 3.46. The summed E-state index contributed by atoms with van der Waals surface area (Å²) in [6.45, 7) is 0.965. The number of hydrogen-bond donors (Lipinski definition) is 2. The number of carbonyl (C=O) groups is 3. The first-order chi connectivity index (χ1) is 9.97. The van der Waals surface area contributed by atoms with Gasteiger partial charge in [0.2, 0.25) is 5.91 Å². The Kier molecular flexibility index (Phi) is 4.69. The number of nitrogens with one attached hydrogen (secondary N) is 1. The molecule has 118 valence electrons. The van der Waals surface area contributed by atoms with Crippen LogP contribution in [0.1, 0.15) is 38.5 Å². The van der Waals surface area contributed by atoms with Crippen LogP contribution in [0.15, 0.2) is 0 Å². The first-order valence-electron chi connectivity index (χ1n) is 7.32. The Morgan fingerprint density at radius 2 is 2.00 bits per heavy atom. The Hall–Kier alpha value is -1.79. The maximum atomic E-state index is 12.3. The molecule has 1 aliphatic carbocycles. The molecular formula is C14H22N2O5. The Labute approximate surface area is 123 Å². The van der Waals surface area contributed by atoms with E-state index >= 15 is 0 Å². The zero-order valence-electron chi connectivity index (χ0n) is 12.3. The van der Waals surface area contributed by atoms with Crippen LogP contribution < -0.4 is 5.32 Å². The highest BCUT2D eigenvalue weighted by atomic mass is 16.5. The Morgan fingerprint density at radius 3 is 2.57 bits per heavy atom. The standard InChI is InChI=1S/C14H22N2O5/c1-21-13(20)15-10-4-7-16(9-10)11(17)8-14(12(18)19)5-2-3-6-14/h10H,2-9H2,1H3,(H,15,20)(H,18,19). The number of carboxylic acids is 1. The summed E-state index contributed by atoms with van der Waals surface area (Å²) in [5.41, 5.74) is -0.884. The molecule has 0 aromatic rings. The van der Waals surface area contributed by atoms with E-state index in [1.165, 1.54) is 7.11 Å². The number of hydrogen-bond acceptors (Lipinski definition) is 4. The van der Waals surface area contributed by atoms with Gasteiger partial charge >= 0.3 is 12.1 Å². The summed E-state index contributed by atoms with van der Waals surface area (Å²) in [6.07, 6.45) is 3.11. The lowest BCUT2D eigenvalue weighted by molar-refractivity contribution is -0.153. The molecule has 1 aliphatic heterocycles. The van der Waals surface area contributed by atoms with E-state index in [1.807, 2.05) is 0 Å². The third-order valence-corrected chi connectivity index (χ3v) is 4.55. The first kappa shape index (κ1) is 15.6. The van der Waals surface area contributed by atoms with E-state index in [4.69, 9.17) is 0 Å². The van der Waals surface area contributed by atoms with Crippen molar-refractivity contribution in [2.45, 2.75) is 44.6 Å². The molecule has 0 spiro atoms. The molecule has 1 atom stereocenters. The van der Waals surface area contributed by atoms with Crippen molar-refractivity contribution in [3.05, 3.63) is 0 Å². The van der Waals surface area contributed by atoms with Gasteiger partial charge in [-0.05, 0) is 19.3 Å². The normalized spacial score (nSPS) is 23.9. The highest BCUT2D eigenvalue weighted by Gasteiger charge is 2.44. The first-order valence-corrected chi connectivity index (χ1v) is 7.32. The topological polar surface area (TPSA) is 95.9 Å². The van der Waals surface area contributed by atoms with E-state index in [1.54, 1.807) is 4.90 Å². The van der Waals surface area contributed by atoms with E-state index in [0.717, 1.165) is 12.8 Å². The summed E-state index contributed by atoms with van der Waals surface area (Å²) in [7, 11) is 1.30. The summed E-state index contributed by atoms with van der Waals surface area (Å²) >= 11 is 0. The van der Waals surface area contributed by atoms with Crippen molar-refractivity contribution in [1.29, 1.82) is 0 Å². The van der Waals surface area contributed by atoms with Crippen molar-refractivity contribution < 1.29 is 24.2 Å². The number of alkyl carbamates (subject to hydrolysis) is 1. The fraction of sp³-hybridized carbons (Fsp3) is 0.786. The Bertz CT molecular complexity index is 431. The highest BCUT2D eigenvalue weighted by molar-refractivity contribution is 5.85. The number of nitrogens with zero attached hydrogens (tertiary/aromatic N) is 1. The predicted molar refractivity (Wildman–Crippen MR) is 73.7 cm³/mol. The average Bonchev–Trinajstić information content (AvgIpc) is 3.08. The lowest BCUT2D eigenvalue weighted by Crippen LogP contribution is -2.40. The summed E-state index contributed by atoms with van der Waals surface area (Å²) in [6, 6.07) is -0.120. The maximum absolute atomic E-state index is 12.3. The van der Waals surface area contributed by atoms with Crippen molar-refractivity contribution in [2.75, 3.05) is 20.2 Å². The highest BCUT2D eigenvalue weighted by Crippen LogP contribution is 2.42. The number of carbonyl (C=O) groups excluding carboxylic acids is 2. The molecule has 0 aromatic heterocycles. The molecule has 1 saturated carbocycles. The minimum Gasteiger partial charge on any atom is -0.481 e. The number of carboxylic acid groups (broad SMARTS) is 1. The van der Waals surface area contributed by atoms with Gasteiger partial charge in [-0.1, -0.05) is 12.8 Å². The summed E-state index contributed by atoms with van der Waals surface area (Å²) in [4.78, 5) is 36.6. The smallest absolute Gasteiger partial charge is 0.407 e. The summed E-state index contributed by atoms with van der Waals surface area (Å²) < 4.78 is 4.53. The van der Waals surface area contributed by atoms with E-state index in [-0.39, 0.29) is 18.4 Å². The number of methoxy groups -OCH3 is 1. The lowest BCUT2D eigenvalue weighted by atomic mass is 9.82. The molecule has 7 heteroatoms. The van der Waals surface area contributed by atoms with Gasteiger partial charge in [0, 0.05) is 19.5 Å². The van der Waals surface area contributed by atoms with Crippen LogP contribution in [0.25, 0.3) is 0 Å².